The molecule has 2 atom stereocenters. The maximum atomic E-state index is 11.2. The Morgan fingerprint density at radius 3 is 2.77 bits per heavy atom. The first-order valence-corrected chi connectivity index (χ1v) is 9.09. The van der Waals surface area contributed by atoms with E-state index in [9.17, 15) is 10.2 Å². The number of imidazole rings is 1. The van der Waals surface area contributed by atoms with Crippen molar-refractivity contribution in [3.8, 4) is 5.88 Å². The van der Waals surface area contributed by atoms with Gasteiger partial charge in [0, 0.05) is 12.1 Å². The molecule has 1 fully saturated rings. The summed E-state index contributed by atoms with van der Waals surface area (Å²) in [5.74, 6) is 1.24. The van der Waals surface area contributed by atoms with E-state index in [0.717, 1.165) is 37.1 Å². The van der Waals surface area contributed by atoms with Crippen LogP contribution in [0.5, 0.6) is 5.88 Å². The SMILES string of the molecule is C=[n+]1ccccc1=C(O)N1c2n3ccccc3c(O)[n+]2C2CCCCC21. The van der Waals surface area contributed by atoms with Crippen LogP contribution >= 0.6 is 0 Å². The molecule has 0 amide bonds. The number of fused-ring (bicyclic) bond motifs is 5. The maximum Gasteiger partial charge on any atom is 0.376 e. The van der Waals surface area contributed by atoms with Gasteiger partial charge in [0.05, 0.1) is 6.20 Å². The van der Waals surface area contributed by atoms with E-state index in [0.29, 0.717) is 5.35 Å². The molecule has 2 unspecified atom stereocenters. The lowest BCUT2D eigenvalue weighted by atomic mass is 9.90. The highest BCUT2D eigenvalue weighted by molar-refractivity contribution is 5.65. The number of hydrogen-bond acceptors (Lipinski definition) is 3. The number of aliphatic hydroxyl groups excluding tert-OH is 1. The Kier molecular flexibility index (Phi) is 3.22. The molecule has 4 heterocycles. The highest BCUT2D eigenvalue weighted by Crippen LogP contribution is 2.42. The summed E-state index contributed by atoms with van der Waals surface area (Å²) >= 11 is 0. The van der Waals surface area contributed by atoms with Crippen LogP contribution in [-0.4, -0.2) is 20.7 Å². The Bertz CT molecular complexity index is 1120. The zero-order chi connectivity index (χ0) is 17.8. The highest BCUT2D eigenvalue weighted by Gasteiger charge is 2.53. The molecule has 3 aromatic rings. The van der Waals surface area contributed by atoms with Gasteiger partial charge >= 0.3 is 11.8 Å². The molecule has 6 nitrogen and oxygen atoms in total. The van der Waals surface area contributed by atoms with Crippen LogP contribution in [0.15, 0.2) is 48.8 Å². The fourth-order valence-electron chi connectivity index (χ4n) is 4.57. The Morgan fingerprint density at radius 1 is 1.12 bits per heavy atom. The number of rotatable bonds is 1. The van der Waals surface area contributed by atoms with Gasteiger partial charge in [0.2, 0.25) is 0 Å². The third-order valence-corrected chi connectivity index (χ3v) is 5.72. The molecule has 0 spiro atoms. The van der Waals surface area contributed by atoms with E-state index in [2.05, 4.69) is 6.72 Å². The van der Waals surface area contributed by atoms with Crippen LogP contribution in [0.4, 0.5) is 5.95 Å². The molecule has 132 valence electrons. The Morgan fingerprint density at radius 2 is 1.92 bits per heavy atom. The molecule has 1 aliphatic heterocycles. The van der Waals surface area contributed by atoms with Gasteiger partial charge in [0.25, 0.3) is 11.2 Å². The van der Waals surface area contributed by atoms with E-state index < -0.39 is 0 Å². The second-order valence-corrected chi connectivity index (χ2v) is 7.12. The second-order valence-electron chi connectivity index (χ2n) is 7.12. The van der Waals surface area contributed by atoms with Crippen LogP contribution in [-0.2, 0) is 0 Å². The van der Waals surface area contributed by atoms with Gasteiger partial charge in [-0.25, -0.2) is 0 Å². The van der Waals surface area contributed by atoms with Crippen LogP contribution in [0.3, 0.4) is 0 Å². The van der Waals surface area contributed by atoms with E-state index in [4.69, 9.17) is 0 Å². The topological polar surface area (TPSA) is 57.9 Å². The van der Waals surface area contributed by atoms with Crippen molar-refractivity contribution in [1.29, 1.82) is 0 Å². The number of aromatic nitrogens is 3. The van der Waals surface area contributed by atoms with Crippen molar-refractivity contribution in [3.05, 3.63) is 60.9 Å². The molecule has 0 bridgehead atoms. The fraction of sp³-hybridized carbons (Fsp3) is 0.300. The third kappa shape index (κ3) is 1.92. The second kappa shape index (κ2) is 5.49. The average Bonchev–Trinajstić information content (AvgIpc) is 3.16. The van der Waals surface area contributed by atoms with Crippen LogP contribution in [0, 0.1) is 6.72 Å². The maximum absolute atomic E-state index is 11.2. The van der Waals surface area contributed by atoms with Crippen molar-refractivity contribution in [2.75, 3.05) is 4.90 Å². The minimum Gasteiger partial charge on any atom is -0.481 e. The van der Waals surface area contributed by atoms with Gasteiger partial charge in [0.1, 0.15) is 18.8 Å². The predicted molar refractivity (Wildman–Crippen MR) is 96.1 cm³/mol. The highest BCUT2D eigenvalue weighted by atomic mass is 16.3. The molecule has 1 aliphatic carbocycles. The number of pyridine rings is 2. The molecule has 6 heteroatoms. The first-order chi connectivity index (χ1) is 12.7. The van der Waals surface area contributed by atoms with Crippen molar-refractivity contribution >= 4 is 17.3 Å². The van der Waals surface area contributed by atoms with Crippen molar-refractivity contribution in [2.24, 2.45) is 0 Å². The largest absolute Gasteiger partial charge is 0.481 e. The number of aliphatic hydroxyl groups is 1. The van der Waals surface area contributed by atoms with E-state index in [1.807, 2.05) is 62.7 Å². The number of hydrogen-bond donors (Lipinski definition) is 2. The fourth-order valence-corrected chi connectivity index (χ4v) is 4.57. The van der Waals surface area contributed by atoms with Gasteiger partial charge in [-0.15, -0.1) is 0 Å². The molecular formula is C20H22N4O2+2. The van der Waals surface area contributed by atoms with Crippen molar-refractivity contribution in [2.45, 2.75) is 37.8 Å². The lowest BCUT2D eigenvalue weighted by molar-refractivity contribution is -0.705. The van der Waals surface area contributed by atoms with Gasteiger partial charge in [-0.1, -0.05) is 6.07 Å². The van der Waals surface area contributed by atoms with Crippen LogP contribution in [0.1, 0.15) is 31.7 Å². The van der Waals surface area contributed by atoms with Gasteiger partial charge in [-0.3, -0.25) is 0 Å². The minimum atomic E-state index is 0.127. The molecule has 0 saturated heterocycles. The lowest BCUT2D eigenvalue weighted by Crippen LogP contribution is -2.45. The van der Waals surface area contributed by atoms with Crippen LogP contribution in [0.2, 0.25) is 0 Å². The summed E-state index contributed by atoms with van der Waals surface area (Å²) in [5.41, 5.74) is 0.750. The summed E-state index contributed by atoms with van der Waals surface area (Å²) in [4.78, 5) is 1.98. The van der Waals surface area contributed by atoms with Gasteiger partial charge in [0.15, 0.2) is 11.7 Å². The van der Waals surface area contributed by atoms with Gasteiger partial charge in [-0.05, 0) is 43.9 Å². The van der Waals surface area contributed by atoms with E-state index in [1.54, 1.807) is 4.24 Å². The summed E-state index contributed by atoms with van der Waals surface area (Å²) in [6.07, 6.45) is 7.99. The summed E-state index contributed by atoms with van der Waals surface area (Å²) in [6, 6.07) is 11.7. The van der Waals surface area contributed by atoms with Gasteiger partial charge in [-0.2, -0.15) is 18.1 Å². The number of nitrogens with zero attached hydrogens (tertiary/aromatic N) is 4. The Balaban J connectivity index is 1.85. The summed E-state index contributed by atoms with van der Waals surface area (Å²) in [5, 5.41) is 22.8. The average molecular weight is 350 g/mol. The number of aromatic hydroxyl groups is 1. The standard InChI is InChI=1S/C20H20N4O2/c1-21-12-6-4-10-16(21)18(25)23-14-8-2-3-9-15(14)24-19(26)17-11-5-7-13-22(17)20(23)24/h4-7,10-15H,1-3,8-9H2/p+2. The Hall–Kier alpha value is -3.02. The van der Waals surface area contributed by atoms with Crippen molar-refractivity contribution in [1.82, 2.24) is 4.40 Å². The predicted octanol–water partition coefficient (Wildman–Crippen LogP) is 1.49. The van der Waals surface area contributed by atoms with Crippen molar-refractivity contribution < 1.29 is 19.0 Å². The van der Waals surface area contributed by atoms with E-state index in [1.165, 1.54) is 0 Å². The quantitative estimate of drug-likeness (QED) is 0.654. The first kappa shape index (κ1) is 15.3. The van der Waals surface area contributed by atoms with E-state index >= 15 is 0 Å². The van der Waals surface area contributed by atoms with Crippen LogP contribution in [0.25, 0.3) is 11.4 Å². The lowest BCUT2D eigenvalue weighted by Gasteiger charge is -2.26. The van der Waals surface area contributed by atoms with Crippen molar-refractivity contribution in [3.63, 3.8) is 0 Å². The summed E-state index contributed by atoms with van der Waals surface area (Å²) < 4.78 is 5.62. The molecule has 2 N–H and O–H groups in total. The normalized spacial score (nSPS) is 23.0. The minimum absolute atomic E-state index is 0.127. The first-order valence-electron chi connectivity index (χ1n) is 9.09. The summed E-state index contributed by atoms with van der Waals surface area (Å²) in [6.45, 7) is 3.99. The smallest absolute Gasteiger partial charge is 0.376 e. The molecule has 0 aromatic carbocycles. The zero-order valence-electron chi connectivity index (χ0n) is 14.5. The molecular weight excluding hydrogens is 328 g/mol. The van der Waals surface area contributed by atoms with E-state index in [-0.39, 0.29) is 23.8 Å². The molecule has 3 aromatic heterocycles. The molecule has 5 rings (SSSR count). The molecule has 0 radical (unpaired) electrons. The monoisotopic (exact) mass is 350 g/mol. The summed E-state index contributed by atoms with van der Waals surface area (Å²) in [7, 11) is 0. The van der Waals surface area contributed by atoms with Crippen LogP contribution < -0.4 is 19.1 Å². The zero-order valence-corrected chi connectivity index (χ0v) is 14.5. The number of anilines is 1. The molecule has 26 heavy (non-hydrogen) atoms. The molecule has 2 aliphatic rings. The third-order valence-electron chi connectivity index (χ3n) is 5.72. The van der Waals surface area contributed by atoms with Gasteiger partial charge < -0.3 is 10.2 Å². The Labute approximate surface area is 150 Å². The molecule has 1 saturated carbocycles.